The van der Waals surface area contributed by atoms with Crippen LogP contribution in [0.5, 0.6) is 11.5 Å². The van der Waals surface area contributed by atoms with Crippen molar-refractivity contribution in [1.82, 2.24) is 9.78 Å². The lowest BCUT2D eigenvalue weighted by Gasteiger charge is -2.13. The number of hydrogen-bond donors (Lipinski definition) is 1. The van der Waals surface area contributed by atoms with Crippen LogP contribution < -0.4 is 10.1 Å². The molecule has 1 aromatic heterocycles. The SMILES string of the molecule is CCn1ncc(Cl)c1C(=O)Nc1cc(Oc2cc(C)cc(C)c2C)cc([N+](=O)[O-])c1. The molecule has 3 rings (SSSR count). The highest BCUT2D eigenvalue weighted by Gasteiger charge is 2.19. The number of nitrogens with one attached hydrogen (secondary N) is 1. The zero-order valence-electron chi connectivity index (χ0n) is 17.0. The van der Waals surface area contributed by atoms with Gasteiger partial charge in [0, 0.05) is 18.7 Å². The molecule has 8 nitrogen and oxygen atoms in total. The van der Waals surface area contributed by atoms with Crippen molar-refractivity contribution < 1.29 is 14.5 Å². The van der Waals surface area contributed by atoms with Crippen LogP contribution in [0.25, 0.3) is 0 Å². The Bertz CT molecular complexity index is 1140. The van der Waals surface area contributed by atoms with E-state index in [1.165, 1.54) is 29.1 Å². The number of anilines is 1. The first kappa shape index (κ1) is 21.3. The third kappa shape index (κ3) is 4.44. The Kier molecular flexibility index (Phi) is 6.07. The Balaban J connectivity index is 1.97. The van der Waals surface area contributed by atoms with Crippen molar-refractivity contribution in [3.05, 3.63) is 74.0 Å². The third-order valence-corrected chi connectivity index (χ3v) is 4.94. The molecule has 0 aliphatic rings. The molecule has 0 fully saturated rings. The minimum Gasteiger partial charge on any atom is -0.457 e. The highest BCUT2D eigenvalue weighted by atomic mass is 35.5. The van der Waals surface area contributed by atoms with Crippen molar-refractivity contribution in [2.24, 2.45) is 0 Å². The molecule has 3 aromatic rings. The fourth-order valence-corrected chi connectivity index (χ4v) is 3.30. The van der Waals surface area contributed by atoms with Crippen LogP contribution in [0.15, 0.2) is 36.5 Å². The number of non-ortho nitro benzene ring substituents is 1. The number of ether oxygens (including phenoxy) is 1. The summed E-state index contributed by atoms with van der Waals surface area (Å²) in [7, 11) is 0. The molecule has 0 spiro atoms. The Hall–Kier alpha value is -3.39. The van der Waals surface area contributed by atoms with Crippen LogP contribution in [-0.4, -0.2) is 20.6 Å². The number of aromatic nitrogens is 2. The molecule has 2 aromatic carbocycles. The van der Waals surface area contributed by atoms with Gasteiger partial charge in [-0.25, -0.2) is 0 Å². The molecule has 0 aliphatic carbocycles. The van der Waals surface area contributed by atoms with Gasteiger partial charge in [-0.05, 0) is 50.5 Å². The number of nitro groups is 1. The summed E-state index contributed by atoms with van der Waals surface area (Å²) in [4.78, 5) is 23.6. The monoisotopic (exact) mass is 428 g/mol. The predicted octanol–water partition coefficient (Wildman–Crippen LogP) is 5.43. The van der Waals surface area contributed by atoms with Gasteiger partial charge < -0.3 is 10.1 Å². The summed E-state index contributed by atoms with van der Waals surface area (Å²) < 4.78 is 7.39. The Morgan fingerprint density at radius 1 is 1.23 bits per heavy atom. The number of aryl methyl sites for hydroxylation is 3. The summed E-state index contributed by atoms with van der Waals surface area (Å²) in [5, 5.41) is 18.3. The van der Waals surface area contributed by atoms with Crippen LogP contribution in [-0.2, 0) is 6.54 Å². The molecule has 0 saturated heterocycles. The van der Waals surface area contributed by atoms with Gasteiger partial charge >= 0.3 is 0 Å². The van der Waals surface area contributed by atoms with E-state index in [1.807, 2.05) is 39.8 Å². The zero-order chi connectivity index (χ0) is 22.0. The maximum atomic E-state index is 12.7. The van der Waals surface area contributed by atoms with Gasteiger partial charge in [-0.2, -0.15) is 5.10 Å². The molecule has 0 aliphatic heterocycles. The van der Waals surface area contributed by atoms with Crippen LogP contribution in [0.1, 0.15) is 34.1 Å². The van der Waals surface area contributed by atoms with E-state index in [0.29, 0.717) is 12.3 Å². The van der Waals surface area contributed by atoms with E-state index in [1.54, 1.807) is 0 Å². The number of halogens is 1. The molecule has 9 heteroatoms. The second-order valence-electron chi connectivity index (χ2n) is 6.89. The molecule has 0 unspecified atom stereocenters. The molecule has 0 bridgehead atoms. The van der Waals surface area contributed by atoms with E-state index in [0.717, 1.165) is 16.7 Å². The first-order valence-corrected chi connectivity index (χ1v) is 9.65. The van der Waals surface area contributed by atoms with E-state index in [2.05, 4.69) is 10.4 Å². The van der Waals surface area contributed by atoms with E-state index in [-0.39, 0.29) is 27.8 Å². The summed E-state index contributed by atoms with van der Waals surface area (Å²) in [6, 6.07) is 8.00. The van der Waals surface area contributed by atoms with Crippen LogP contribution >= 0.6 is 11.6 Å². The second-order valence-corrected chi connectivity index (χ2v) is 7.30. The zero-order valence-corrected chi connectivity index (χ0v) is 17.8. The van der Waals surface area contributed by atoms with Gasteiger partial charge in [-0.15, -0.1) is 0 Å². The normalized spacial score (nSPS) is 10.7. The van der Waals surface area contributed by atoms with Gasteiger partial charge in [0.25, 0.3) is 11.6 Å². The smallest absolute Gasteiger partial charge is 0.275 e. The van der Waals surface area contributed by atoms with Gasteiger partial charge in [0.1, 0.15) is 17.2 Å². The highest BCUT2D eigenvalue weighted by Crippen LogP contribution is 2.33. The van der Waals surface area contributed by atoms with E-state index < -0.39 is 10.8 Å². The molecule has 0 saturated carbocycles. The summed E-state index contributed by atoms with van der Waals surface area (Å²) in [5.41, 5.74) is 3.17. The lowest BCUT2D eigenvalue weighted by Crippen LogP contribution is -2.18. The Labute approximate surface area is 178 Å². The van der Waals surface area contributed by atoms with E-state index in [9.17, 15) is 14.9 Å². The number of hydrogen-bond acceptors (Lipinski definition) is 5. The van der Waals surface area contributed by atoms with Gasteiger partial charge in [0.2, 0.25) is 0 Å². The molecular weight excluding hydrogens is 408 g/mol. The van der Waals surface area contributed by atoms with Crippen molar-refractivity contribution in [3.63, 3.8) is 0 Å². The van der Waals surface area contributed by atoms with Gasteiger partial charge in [-0.3, -0.25) is 19.6 Å². The average molecular weight is 429 g/mol. The first-order valence-electron chi connectivity index (χ1n) is 9.27. The second kappa shape index (κ2) is 8.54. The van der Waals surface area contributed by atoms with Crippen molar-refractivity contribution in [1.29, 1.82) is 0 Å². The van der Waals surface area contributed by atoms with Crippen molar-refractivity contribution >= 4 is 28.9 Å². The number of rotatable bonds is 6. The van der Waals surface area contributed by atoms with Crippen LogP contribution in [0, 0.1) is 30.9 Å². The summed E-state index contributed by atoms with van der Waals surface area (Å²) in [5.74, 6) is 0.313. The average Bonchev–Trinajstić information content (AvgIpc) is 3.06. The van der Waals surface area contributed by atoms with Gasteiger partial charge in [0.15, 0.2) is 0 Å². The highest BCUT2D eigenvalue weighted by molar-refractivity contribution is 6.34. The maximum absolute atomic E-state index is 12.7. The summed E-state index contributed by atoms with van der Waals surface area (Å²) in [6.45, 7) is 8.10. The Morgan fingerprint density at radius 3 is 2.63 bits per heavy atom. The standard InChI is InChI=1S/C21H21ClN4O4/c1-5-25-20(18(22)11-23-25)21(27)24-15-8-16(26(28)29)10-17(9-15)30-19-7-12(2)6-13(3)14(19)4/h6-11H,5H2,1-4H3,(H,24,27). The van der Waals surface area contributed by atoms with E-state index >= 15 is 0 Å². The number of amides is 1. The molecule has 1 amide bonds. The maximum Gasteiger partial charge on any atom is 0.275 e. The third-order valence-electron chi connectivity index (χ3n) is 4.66. The van der Waals surface area contributed by atoms with Crippen molar-refractivity contribution in [2.45, 2.75) is 34.2 Å². The van der Waals surface area contributed by atoms with Gasteiger partial charge in [-0.1, -0.05) is 17.7 Å². The van der Waals surface area contributed by atoms with Crippen LogP contribution in [0.4, 0.5) is 11.4 Å². The number of carbonyl (C=O) groups is 1. The summed E-state index contributed by atoms with van der Waals surface area (Å²) >= 11 is 6.08. The number of nitrogens with zero attached hydrogens (tertiary/aromatic N) is 3. The lowest BCUT2D eigenvalue weighted by molar-refractivity contribution is -0.384. The molecule has 1 N–H and O–H groups in total. The number of carbonyl (C=O) groups excluding carboxylic acids is 1. The largest absolute Gasteiger partial charge is 0.457 e. The summed E-state index contributed by atoms with van der Waals surface area (Å²) in [6.07, 6.45) is 1.38. The number of benzene rings is 2. The van der Waals surface area contributed by atoms with Crippen molar-refractivity contribution in [2.75, 3.05) is 5.32 Å². The molecule has 156 valence electrons. The van der Waals surface area contributed by atoms with Gasteiger partial charge in [0.05, 0.1) is 27.9 Å². The van der Waals surface area contributed by atoms with E-state index in [4.69, 9.17) is 16.3 Å². The Morgan fingerprint density at radius 2 is 1.97 bits per heavy atom. The molecule has 0 atom stereocenters. The minimum atomic E-state index is -0.542. The van der Waals surface area contributed by atoms with Crippen LogP contribution in [0.2, 0.25) is 5.02 Å². The fraction of sp³-hybridized carbons (Fsp3) is 0.238. The molecule has 30 heavy (non-hydrogen) atoms. The first-order chi connectivity index (χ1) is 14.2. The fourth-order valence-electron chi connectivity index (χ4n) is 3.07. The predicted molar refractivity (Wildman–Crippen MR) is 115 cm³/mol. The molecular formula is C21H21ClN4O4. The lowest BCUT2D eigenvalue weighted by atomic mass is 10.1. The quantitative estimate of drug-likeness (QED) is 0.416. The minimum absolute atomic E-state index is 0.179. The number of nitro benzene ring substituents is 1. The molecule has 1 heterocycles. The molecule has 0 radical (unpaired) electrons. The topological polar surface area (TPSA) is 99.3 Å². The van der Waals surface area contributed by atoms with Crippen molar-refractivity contribution in [3.8, 4) is 11.5 Å². The van der Waals surface area contributed by atoms with Crippen LogP contribution in [0.3, 0.4) is 0 Å².